The molecule has 2 aromatic carbocycles. The zero-order chi connectivity index (χ0) is 15.7. The van der Waals surface area contributed by atoms with Gasteiger partial charge in [0.05, 0.1) is 4.47 Å². The van der Waals surface area contributed by atoms with Gasteiger partial charge < -0.3 is 9.64 Å². The second-order valence-corrected chi connectivity index (χ2v) is 6.49. The monoisotopic (exact) mass is 379 g/mol. The van der Waals surface area contributed by atoms with E-state index in [1.165, 1.54) is 5.56 Å². The smallest absolute Gasteiger partial charge is 0.267 e. The number of anilines is 1. The largest absolute Gasteiger partial charge is 0.480 e. The summed E-state index contributed by atoms with van der Waals surface area (Å²) in [7, 11) is 0. The average Bonchev–Trinajstić information content (AvgIpc) is 2.93. The number of ether oxygens (including phenoxy) is 1. The first kappa shape index (κ1) is 15.4. The predicted octanol–water partition coefficient (Wildman–Crippen LogP) is 4.46. The topological polar surface area (TPSA) is 29.5 Å². The van der Waals surface area contributed by atoms with E-state index in [-0.39, 0.29) is 5.91 Å². The van der Waals surface area contributed by atoms with Crippen LogP contribution in [0.25, 0.3) is 0 Å². The lowest BCUT2D eigenvalue weighted by Gasteiger charge is -2.22. The van der Waals surface area contributed by atoms with Crippen LogP contribution in [-0.4, -0.2) is 18.6 Å². The van der Waals surface area contributed by atoms with E-state index in [1.54, 1.807) is 30.0 Å². The number of carbonyl (C=O) groups is 1. The zero-order valence-corrected chi connectivity index (χ0v) is 14.4. The Bertz CT molecular complexity index is 720. The van der Waals surface area contributed by atoms with Crippen LogP contribution in [0, 0.1) is 0 Å². The van der Waals surface area contributed by atoms with Crippen molar-refractivity contribution in [1.29, 1.82) is 0 Å². The lowest BCUT2D eigenvalue weighted by Crippen LogP contribution is -2.39. The summed E-state index contributed by atoms with van der Waals surface area (Å²) in [5.41, 5.74) is 2.19. The SMILES string of the molecule is C[C@H](Oc1ccc(Cl)cc1Br)C(=O)N1CCc2ccccc21. The highest BCUT2D eigenvalue weighted by molar-refractivity contribution is 9.10. The van der Waals surface area contributed by atoms with E-state index in [0.717, 1.165) is 16.6 Å². The summed E-state index contributed by atoms with van der Waals surface area (Å²) in [5.74, 6) is 0.574. The lowest BCUT2D eigenvalue weighted by molar-refractivity contribution is -0.124. The summed E-state index contributed by atoms with van der Waals surface area (Å²) in [4.78, 5) is 14.4. The van der Waals surface area contributed by atoms with Crippen LogP contribution in [0.2, 0.25) is 5.02 Å². The number of halogens is 2. The molecule has 22 heavy (non-hydrogen) atoms. The molecule has 1 aliphatic heterocycles. The first-order valence-electron chi connectivity index (χ1n) is 7.07. The van der Waals surface area contributed by atoms with Crippen molar-refractivity contribution in [2.75, 3.05) is 11.4 Å². The first-order chi connectivity index (χ1) is 10.6. The van der Waals surface area contributed by atoms with Gasteiger partial charge in [-0.3, -0.25) is 4.79 Å². The second-order valence-electron chi connectivity index (χ2n) is 5.20. The number of amides is 1. The van der Waals surface area contributed by atoms with E-state index in [1.807, 2.05) is 18.2 Å². The van der Waals surface area contributed by atoms with Crippen molar-refractivity contribution in [2.45, 2.75) is 19.4 Å². The molecule has 1 aliphatic rings. The normalized spacial score (nSPS) is 14.6. The van der Waals surface area contributed by atoms with Crippen LogP contribution >= 0.6 is 27.5 Å². The van der Waals surface area contributed by atoms with Gasteiger partial charge in [-0.2, -0.15) is 0 Å². The van der Waals surface area contributed by atoms with Gasteiger partial charge in [0.2, 0.25) is 0 Å². The van der Waals surface area contributed by atoms with Crippen molar-refractivity contribution in [3.8, 4) is 5.75 Å². The number of benzene rings is 2. The first-order valence-corrected chi connectivity index (χ1v) is 8.24. The maximum absolute atomic E-state index is 12.7. The summed E-state index contributed by atoms with van der Waals surface area (Å²) >= 11 is 9.31. The van der Waals surface area contributed by atoms with Crippen LogP contribution in [0.1, 0.15) is 12.5 Å². The summed E-state index contributed by atoms with van der Waals surface area (Å²) < 4.78 is 6.53. The Morgan fingerprint density at radius 3 is 2.86 bits per heavy atom. The molecule has 0 unspecified atom stereocenters. The highest BCUT2D eigenvalue weighted by Crippen LogP contribution is 2.31. The van der Waals surface area contributed by atoms with Crippen LogP contribution in [0.5, 0.6) is 5.75 Å². The molecule has 0 N–H and O–H groups in total. The minimum atomic E-state index is -0.566. The molecule has 3 nitrogen and oxygen atoms in total. The van der Waals surface area contributed by atoms with Crippen molar-refractivity contribution in [2.24, 2.45) is 0 Å². The molecule has 114 valence electrons. The van der Waals surface area contributed by atoms with Gasteiger partial charge in [-0.25, -0.2) is 0 Å². The molecule has 0 saturated heterocycles. The van der Waals surface area contributed by atoms with E-state index in [9.17, 15) is 4.79 Å². The molecular weight excluding hydrogens is 366 g/mol. The predicted molar refractivity (Wildman–Crippen MR) is 91.7 cm³/mol. The van der Waals surface area contributed by atoms with Gasteiger partial charge in [-0.05, 0) is 59.1 Å². The third kappa shape index (κ3) is 2.99. The quantitative estimate of drug-likeness (QED) is 0.787. The molecule has 0 aromatic heterocycles. The minimum Gasteiger partial charge on any atom is -0.480 e. The summed E-state index contributed by atoms with van der Waals surface area (Å²) in [6.07, 6.45) is 0.322. The second kappa shape index (κ2) is 6.31. The number of hydrogen-bond acceptors (Lipinski definition) is 2. The molecule has 1 atom stereocenters. The number of hydrogen-bond donors (Lipinski definition) is 0. The molecular formula is C17H15BrClNO2. The Labute approximate surface area is 143 Å². The summed E-state index contributed by atoms with van der Waals surface area (Å²) in [5, 5.41) is 0.617. The van der Waals surface area contributed by atoms with Crippen molar-refractivity contribution < 1.29 is 9.53 Å². The number of nitrogens with zero attached hydrogens (tertiary/aromatic N) is 1. The molecule has 0 fully saturated rings. The molecule has 0 saturated carbocycles. The molecule has 0 aliphatic carbocycles. The highest BCUT2D eigenvalue weighted by atomic mass is 79.9. The third-order valence-corrected chi connectivity index (χ3v) is 4.55. The molecule has 1 heterocycles. The van der Waals surface area contributed by atoms with Crippen LogP contribution < -0.4 is 9.64 Å². The third-order valence-electron chi connectivity index (χ3n) is 3.70. The number of fused-ring (bicyclic) bond motifs is 1. The Balaban J connectivity index is 1.76. The minimum absolute atomic E-state index is 0.0354. The van der Waals surface area contributed by atoms with Gasteiger partial charge in [0, 0.05) is 17.3 Å². The van der Waals surface area contributed by atoms with E-state index < -0.39 is 6.10 Å². The Morgan fingerprint density at radius 2 is 2.09 bits per heavy atom. The van der Waals surface area contributed by atoms with Crippen LogP contribution in [0.4, 0.5) is 5.69 Å². The van der Waals surface area contributed by atoms with E-state index >= 15 is 0 Å². The van der Waals surface area contributed by atoms with Crippen molar-refractivity contribution in [1.82, 2.24) is 0 Å². The molecule has 5 heteroatoms. The fourth-order valence-corrected chi connectivity index (χ4v) is 3.37. The molecule has 1 amide bonds. The Kier molecular flexibility index (Phi) is 4.41. The number of carbonyl (C=O) groups excluding carboxylic acids is 1. The van der Waals surface area contributed by atoms with Gasteiger partial charge in [-0.1, -0.05) is 29.8 Å². The van der Waals surface area contributed by atoms with E-state index in [4.69, 9.17) is 16.3 Å². The maximum Gasteiger partial charge on any atom is 0.267 e. The van der Waals surface area contributed by atoms with Crippen LogP contribution in [0.3, 0.4) is 0 Å². The molecule has 0 spiro atoms. The molecule has 0 bridgehead atoms. The van der Waals surface area contributed by atoms with Gasteiger partial charge in [0.1, 0.15) is 5.75 Å². The zero-order valence-electron chi connectivity index (χ0n) is 12.1. The van der Waals surface area contributed by atoms with Crippen molar-refractivity contribution in [3.05, 3.63) is 57.5 Å². The van der Waals surface area contributed by atoms with E-state index in [2.05, 4.69) is 22.0 Å². The number of rotatable bonds is 3. The Hall–Kier alpha value is -1.52. The van der Waals surface area contributed by atoms with Crippen LogP contribution in [-0.2, 0) is 11.2 Å². The summed E-state index contributed by atoms with van der Waals surface area (Å²) in [6.45, 7) is 2.47. The van der Waals surface area contributed by atoms with Gasteiger partial charge in [0.15, 0.2) is 6.10 Å². The van der Waals surface area contributed by atoms with Crippen molar-refractivity contribution >= 4 is 39.1 Å². The van der Waals surface area contributed by atoms with Gasteiger partial charge in [0.25, 0.3) is 5.91 Å². The van der Waals surface area contributed by atoms with E-state index in [0.29, 0.717) is 17.3 Å². The summed E-state index contributed by atoms with van der Waals surface area (Å²) in [6, 6.07) is 13.2. The highest BCUT2D eigenvalue weighted by Gasteiger charge is 2.29. The van der Waals surface area contributed by atoms with Gasteiger partial charge >= 0.3 is 0 Å². The average molecular weight is 381 g/mol. The molecule has 0 radical (unpaired) electrons. The molecule has 3 rings (SSSR count). The Morgan fingerprint density at radius 1 is 1.32 bits per heavy atom. The van der Waals surface area contributed by atoms with Crippen LogP contribution in [0.15, 0.2) is 46.9 Å². The van der Waals surface area contributed by atoms with Gasteiger partial charge in [-0.15, -0.1) is 0 Å². The fraction of sp³-hybridized carbons (Fsp3) is 0.235. The maximum atomic E-state index is 12.7. The lowest BCUT2D eigenvalue weighted by atomic mass is 10.2. The van der Waals surface area contributed by atoms with Crippen molar-refractivity contribution in [3.63, 3.8) is 0 Å². The molecule has 2 aromatic rings. The number of para-hydroxylation sites is 1. The standard InChI is InChI=1S/C17H15BrClNO2/c1-11(22-16-7-6-13(19)10-14(16)18)17(21)20-9-8-12-4-2-3-5-15(12)20/h2-7,10-11H,8-9H2,1H3/t11-/m0/s1. The fourth-order valence-electron chi connectivity index (χ4n) is 2.60.